The van der Waals surface area contributed by atoms with E-state index >= 15 is 0 Å². The highest BCUT2D eigenvalue weighted by Crippen LogP contribution is 2.27. The Labute approximate surface area is 194 Å². The molecule has 2 N–H and O–H groups in total. The van der Waals surface area contributed by atoms with Crippen LogP contribution in [0.15, 0.2) is 78.0 Å². The van der Waals surface area contributed by atoms with Gasteiger partial charge < -0.3 is 19.7 Å². The number of carbonyl (C=O) groups excluding carboxylic acids is 1. The Kier molecular flexibility index (Phi) is 6.80. The van der Waals surface area contributed by atoms with Crippen LogP contribution < -0.4 is 9.47 Å². The summed E-state index contributed by atoms with van der Waals surface area (Å²) < 4.78 is 12.9. The SMILES string of the molecule is COc1ccc(OCc2nnc(SCC(=O)c3ccc(O)c(O)c3)n2-c2ccccc2)cc1. The van der Waals surface area contributed by atoms with Crippen LogP contribution in [0.3, 0.4) is 0 Å². The van der Waals surface area contributed by atoms with Crippen molar-refractivity contribution in [2.45, 2.75) is 11.8 Å². The van der Waals surface area contributed by atoms with Gasteiger partial charge in [-0.25, -0.2) is 0 Å². The minimum atomic E-state index is -0.337. The molecular formula is C24H21N3O5S. The number of aromatic nitrogens is 3. The molecule has 0 unspecified atom stereocenters. The molecule has 0 atom stereocenters. The molecule has 1 heterocycles. The van der Waals surface area contributed by atoms with Gasteiger partial charge in [0.2, 0.25) is 0 Å². The Balaban J connectivity index is 1.53. The van der Waals surface area contributed by atoms with E-state index in [-0.39, 0.29) is 29.6 Å². The molecule has 0 saturated heterocycles. The van der Waals surface area contributed by atoms with E-state index in [2.05, 4.69) is 10.2 Å². The van der Waals surface area contributed by atoms with Crippen LogP contribution in [0, 0.1) is 0 Å². The number of para-hydroxylation sites is 1. The molecule has 0 radical (unpaired) electrons. The first-order valence-corrected chi connectivity index (χ1v) is 11.0. The Bertz CT molecular complexity index is 1240. The van der Waals surface area contributed by atoms with Gasteiger partial charge in [0.25, 0.3) is 0 Å². The van der Waals surface area contributed by atoms with Gasteiger partial charge in [-0.3, -0.25) is 9.36 Å². The zero-order valence-corrected chi connectivity index (χ0v) is 18.5. The summed E-state index contributed by atoms with van der Waals surface area (Å²) >= 11 is 1.23. The number of ketones is 1. The molecule has 33 heavy (non-hydrogen) atoms. The van der Waals surface area contributed by atoms with Crippen molar-refractivity contribution in [2.75, 3.05) is 12.9 Å². The van der Waals surface area contributed by atoms with Crippen LogP contribution in [0.2, 0.25) is 0 Å². The van der Waals surface area contributed by atoms with Crippen LogP contribution in [0.5, 0.6) is 23.0 Å². The normalized spacial score (nSPS) is 10.7. The van der Waals surface area contributed by atoms with E-state index in [0.717, 1.165) is 11.4 Å². The van der Waals surface area contributed by atoms with Gasteiger partial charge >= 0.3 is 0 Å². The Morgan fingerprint density at radius 3 is 2.36 bits per heavy atom. The van der Waals surface area contributed by atoms with Gasteiger partial charge in [-0.15, -0.1) is 10.2 Å². The quantitative estimate of drug-likeness (QED) is 0.216. The van der Waals surface area contributed by atoms with E-state index in [4.69, 9.17) is 9.47 Å². The number of benzene rings is 3. The summed E-state index contributed by atoms with van der Waals surface area (Å²) in [6.07, 6.45) is 0. The van der Waals surface area contributed by atoms with Crippen molar-refractivity contribution < 1.29 is 24.5 Å². The average Bonchev–Trinajstić information content (AvgIpc) is 3.26. The third-order valence-electron chi connectivity index (χ3n) is 4.77. The van der Waals surface area contributed by atoms with Crippen LogP contribution in [0.25, 0.3) is 5.69 Å². The van der Waals surface area contributed by atoms with Crippen molar-refractivity contribution in [1.29, 1.82) is 0 Å². The van der Waals surface area contributed by atoms with Crippen LogP contribution >= 0.6 is 11.8 Å². The predicted octanol–water partition coefficient (Wildman–Crippen LogP) is 4.24. The third kappa shape index (κ3) is 5.27. The second kappa shape index (κ2) is 10.1. The number of thioether (sulfide) groups is 1. The van der Waals surface area contributed by atoms with Crippen LogP contribution in [0.1, 0.15) is 16.2 Å². The van der Waals surface area contributed by atoms with Gasteiger partial charge in [0.05, 0.1) is 12.9 Å². The number of Topliss-reactive ketones (excluding diaryl/α,β-unsaturated/α-hetero) is 1. The second-order valence-electron chi connectivity index (χ2n) is 6.95. The standard InChI is InChI=1S/C24H21N3O5S/c1-31-18-8-10-19(11-9-18)32-14-23-25-26-24(27(23)17-5-3-2-4-6-17)33-15-22(30)16-7-12-20(28)21(29)13-16/h2-13,28-29H,14-15H2,1H3. The first-order chi connectivity index (χ1) is 16.0. The second-order valence-corrected chi connectivity index (χ2v) is 7.89. The fraction of sp³-hybridized carbons (Fsp3) is 0.125. The largest absolute Gasteiger partial charge is 0.504 e. The third-order valence-corrected chi connectivity index (χ3v) is 5.70. The topological polar surface area (TPSA) is 107 Å². The summed E-state index contributed by atoms with van der Waals surface area (Å²) in [5.74, 6) is 1.23. The van der Waals surface area contributed by atoms with Gasteiger partial charge in [-0.1, -0.05) is 30.0 Å². The molecule has 0 spiro atoms. The average molecular weight is 464 g/mol. The maximum absolute atomic E-state index is 12.6. The Hall–Kier alpha value is -3.98. The van der Waals surface area contributed by atoms with Crippen LogP contribution in [0.4, 0.5) is 0 Å². The number of phenols is 2. The molecular weight excluding hydrogens is 442 g/mol. The molecule has 1 aromatic heterocycles. The van der Waals surface area contributed by atoms with E-state index in [1.54, 1.807) is 7.11 Å². The van der Waals surface area contributed by atoms with Crippen molar-refractivity contribution in [3.05, 3.63) is 84.2 Å². The molecule has 0 bridgehead atoms. The number of hydrogen-bond acceptors (Lipinski definition) is 8. The lowest BCUT2D eigenvalue weighted by molar-refractivity contribution is 0.102. The zero-order valence-electron chi connectivity index (χ0n) is 17.7. The number of carbonyl (C=O) groups is 1. The molecule has 4 aromatic rings. The fourth-order valence-electron chi connectivity index (χ4n) is 3.05. The maximum atomic E-state index is 12.6. The monoisotopic (exact) mass is 463 g/mol. The van der Waals surface area contributed by atoms with Crippen molar-refractivity contribution in [3.8, 4) is 28.7 Å². The molecule has 0 amide bonds. The number of nitrogens with zero attached hydrogens (tertiary/aromatic N) is 3. The number of methoxy groups -OCH3 is 1. The van der Waals surface area contributed by atoms with Crippen molar-refractivity contribution in [2.24, 2.45) is 0 Å². The lowest BCUT2D eigenvalue weighted by Crippen LogP contribution is -2.08. The molecule has 0 aliphatic carbocycles. The fourth-order valence-corrected chi connectivity index (χ4v) is 3.92. The molecule has 0 aliphatic heterocycles. The van der Waals surface area contributed by atoms with E-state index in [9.17, 15) is 15.0 Å². The van der Waals surface area contributed by atoms with Gasteiger partial charge in [-0.05, 0) is 54.6 Å². The maximum Gasteiger partial charge on any atom is 0.196 e. The summed E-state index contributed by atoms with van der Waals surface area (Å²) in [4.78, 5) is 12.6. The smallest absolute Gasteiger partial charge is 0.196 e. The first kappa shape index (κ1) is 22.2. The molecule has 0 aliphatic rings. The summed E-state index contributed by atoms with van der Waals surface area (Å²) in [5.41, 5.74) is 1.14. The number of aromatic hydroxyl groups is 2. The van der Waals surface area contributed by atoms with E-state index in [0.29, 0.717) is 22.3 Å². The first-order valence-electron chi connectivity index (χ1n) is 9.99. The number of rotatable bonds is 9. The lowest BCUT2D eigenvalue weighted by Gasteiger charge is -2.11. The number of hydrogen-bond donors (Lipinski definition) is 2. The molecule has 4 rings (SSSR count). The van der Waals surface area contributed by atoms with E-state index < -0.39 is 0 Å². The van der Waals surface area contributed by atoms with Crippen molar-refractivity contribution in [3.63, 3.8) is 0 Å². The highest BCUT2D eigenvalue weighted by molar-refractivity contribution is 7.99. The van der Waals surface area contributed by atoms with Gasteiger partial charge in [0.1, 0.15) is 18.1 Å². The summed E-state index contributed by atoms with van der Waals surface area (Å²) in [6.45, 7) is 0.175. The minimum absolute atomic E-state index is 0.0779. The van der Waals surface area contributed by atoms with Gasteiger partial charge in [-0.2, -0.15) is 0 Å². The summed E-state index contributed by atoms with van der Waals surface area (Å²) in [7, 11) is 1.60. The molecule has 3 aromatic carbocycles. The Morgan fingerprint density at radius 1 is 0.939 bits per heavy atom. The highest BCUT2D eigenvalue weighted by atomic mass is 32.2. The summed E-state index contributed by atoms with van der Waals surface area (Å²) in [6, 6.07) is 20.8. The van der Waals surface area contributed by atoms with Crippen LogP contribution in [-0.4, -0.2) is 43.6 Å². The van der Waals surface area contributed by atoms with Crippen LogP contribution in [-0.2, 0) is 6.61 Å². The molecule has 168 valence electrons. The number of ether oxygens (including phenoxy) is 2. The molecule has 0 saturated carbocycles. The molecule has 8 nitrogen and oxygen atoms in total. The minimum Gasteiger partial charge on any atom is -0.504 e. The van der Waals surface area contributed by atoms with Crippen molar-refractivity contribution in [1.82, 2.24) is 14.8 Å². The lowest BCUT2D eigenvalue weighted by atomic mass is 10.1. The molecule has 9 heteroatoms. The summed E-state index contributed by atoms with van der Waals surface area (Å²) in [5, 5.41) is 28.2. The van der Waals surface area contributed by atoms with Gasteiger partial charge in [0, 0.05) is 11.3 Å². The molecule has 0 fully saturated rings. The van der Waals surface area contributed by atoms with Crippen molar-refractivity contribution >= 4 is 17.5 Å². The van der Waals surface area contributed by atoms with E-state index in [1.807, 2.05) is 59.2 Å². The predicted molar refractivity (Wildman–Crippen MR) is 124 cm³/mol. The number of phenolic OH excluding ortho intramolecular Hbond substituents is 2. The zero-order chi connectivity index (χ0) is 23.2. The highest BCUT2D eigenvalue weighted by Gasteiger charge is 2.17. The van der Waals surface area contributed by atoms with Gasteiger partial charge in [0.15, 0.2) is 28.3 Å². The Morgan fingerprint density at radius 2 is 1.67 bits per heavy atom. The van der Waals surface area contributed by atoms with E-state index in [1.165, 1.54) is 30.0 Å².